The Morgan fingerprint density at radius 3 is 2.65 bits per heavy atom. The van der Waals surface area contributed by atoms with Crippen molar-refractivity contribution < 1.29 is 13.6 Å². The van der Waals surface area contributed by atoms with E-state index in [9.17, 15) is 13.6 Å². The first-order valence-electron chi connectivity index (χ1n) is 6.35. The molecule has 20 heavy (non-hydrogen) atoms. The van der Waals surface area contributed by atoms with Crippen molar-refractivity contribution in [2.24, 2.45) is 0 Å². The van der Waals surface area contributed by atoms with E-state index in [0.717, 1.165) is 0 Å². The lowest BCUT2D eigenvalue weighted by Crippen LogP contribution is -2.26. The third-order valence-electron chi connectivity index (χ3n) is 3.08. The number of amides is 1. The second-order valence-electron chi connectivity index (χ2n) is 4.56. The summed E-state index contributed by atoms with van der Waals surface area (Å²) in [5, 5.41) is 2.67. The van der Waals surface area contributed by atoms with Gasteiger partial charge in [-0.25, -0.2) is 8.78 Å². The summed E-state index contributed by atoms with van der Waals surface area (Å²) in [6.07, 6.45) is 0.396. The Bertz CT molecular complexity index is 626. The second kappa shape index (κ2) is 6.28. The monoisotopic (exact) mass is 275 g/mol. The lowest BCUT2D eigenvalue weighted by molar-refractivity contribution is 0.0953. The number of nitrogens with one attached hydrogen (secondary N) is 1. The van der Waals surface area contributed by atoms with Gasteiger partial charge in [0.25, 0.3) is 5.91 Å². The predicted molar refractivity (Wildman–Crippen MR) is 73.6 cm³/mol. The van der Waals surface area contributed by atoms with Crippen LogP contribution in [0.1, 0.15) is 21.5 Å². The van der Waals surface area contributed by atoms with Gasteiger partial charge in [-0.05, 0) is 42.7 Å². The van der Waals surface area contributed by atoms with Crippen molar-refractivity contribution in [2.75, 3.05) is 6.54 Å². The Morgan fingerprint density at radius 2 is 1.90 bits per heavy atom. The molecule has 0 fully saturated rings. The minimum absolute atomic E-state index is 0.288. The molecule has 2 rings (SSSR count). The van der Waals surface area contributed by atoms with E-state index in [0.29, 0.717) is 29.7 Å². The summed E-state index contributed by atoms with van der Waals surface area (Å²) in [6, 6.07) is 10.5. The molecule has 0 aliphatic heterocycles. The molecule has 0 spiro atoms. The first-order valence-corrected chi connectivity index (χ1v) is 6.35. The summed E-state index contributed by atoms with van der Waals surface area (Å²) in [7, 11) is 0. The molecule has 0 aliphatic carbocycles. The fraction of sp³-hybridized carbons (Fsp3) is 0.188. The SMILES string of the molecule is Cc1ccc(F)cc1C(=O)NCCc1ccccc1F. The zero-order valence-electron chi connectivity index (χ0n) is 11.1. The summed E-state index contributed by atoms with van der Waals surface area (Å²) in [6.45, 7) is 2.04. The average molecular weight is 275 g/mol. The van der Waals surface area contributed by atoms with Gasteiger partial charge in [-0.2, -0.15) is 0 Å². The lowest BCUT2D eigenvalue weighted by atomic mass is 10.1. The summed E-state index contributed by atoms with van der Waals surface area (Å²) < 4.78 is 26.5. The third-order valence-corrected chi connectivity index (χ3v) is 3.08. The van der Waals surface area contributed by atoms with Crippen LogP contribution in [-0.2, 0) is 6.42 Å². The van der Waals surface area contributed by atoms with Crippen molar-refractivity contribution in [3.05, 3.63) is 70.8 Å². The molecule has 2 aromatic rings. The maximum Gasteiger partial charge on any atom is 0.251 e. The number of halogens is 2. The van der Waals surface area contributed by atoms with Crippen LogP contribution in [0.15, 0.2) is 42.5 Å². The number of aryl methyl sites for hydroxylation is 1. The van der Waals surface area contributed by atoms with E-state index in [-0.39, 0.29) is 11.7 Å². The number of hydrogen-bond donors (Lipinski definition) is 1. The van der Waals surface area contributed by atoms with E-state index in [2.05, 4.69) is 5.32 Å². The van der Waals surface area contributed by atoms with Crippen LogP contribution in [0.25, 0.3) is 0 Å². The van der Waals surface area contributed by atoms with Crippen LogP contribution in [-0.4, -0.2) is 12.5 Å². The van der Waals surface area contributed by atoms with Gasteiger partial charge < -0.3 is 5.32 Å². The molecule has 2 nitrogen and oxygen atoms in total. The summed E-state index contributed by atoms with van der Waals surface area (Å²) in [5.74, 6) is -1.09. The number of carbonyl (C=O) groups is 1. The zero-order chi connectivity index (χ0) is 14.5. The molecule has 0 aromatic heterocycles. The molecule has 2 aromatic carbocycles. The van der Waals surface area contributed by atoms with Crippen molar-refractivity contribution >= 4 is 5.91 Å². The highest BCUT2D eigenvalue weighted by Gasteiger charge is 2.10. The number of carbonyl (C=O) groups excluding carboxylic acids is 1. The second-order valence-corrected chi connectivity index (χ2v) is 4.56. The van der Waals surface area contributed by atoms with Crippen molar-refractivity contribution in [1.29, 1.82) is 0 Å². The van der Waals surface area contributed by atoms with E-state index < -0.39 is 5.82 Å². The first-order chi connectivity index (χ1) is 9.58. The van der Waals surface area contributed by atoms with Crippen LogP contribution in [0.4, 0.5) is 8.78 Å². The topological polar surface area (TPSA) is 29.1 Å². The zero-order valence-corrected chi connectivity index (χ0v) is 11.1. The molecule has 0 radical (unpaired) electrons. The van der Waals surface area contributed by atoms with Crippen LogP contribution >= 0.6 is 0 Å². The minimum Gasteiger partial charge on any atom is -0.352 e. The Kier molecular flexibility index (Phi) is 4.45. The molecule has 1 N–H and O–H groups in total. The Balaban J connectivity index is 1.96. The highest BCUT2D eigenvalue weighted by Crippen LogP contribution is 2.10. The van der Waals surface area contributed by atoms with Gasteiger partial charge in [-0.3, -0.25) is 4.79 Å². The van der Waals surface area contributed by atoms with E-state index in [1.807, 2.05) is 0 Å². The lowest BCUT2D eigenvalue weighted by Gasteiger charge is -2.08. The molecular weight excluding hydrogens is 260 g/mol. The molecule has 0 saturated heterocycles. The van der Waals surface area contributed by atoms with E-state index in [4.69, 9.17) is 0 Å². The molecule has 0 unspecified atom stereocenters. The standard InChI is InChI=1S/C16H15F2NO/c1-11-6-7-13(17)10-14(11)16(20)19-9-8-12-4-2-3-5-15(12)18/h2-7,10H,8-9H2,1H3,(H,19,20). The smallest absolute Gasteiger partial charge is 0.251 e. The predicted octanol–water partition coefficient (Wildman–Crippen LogP) is 3.25. The fourth-order valence-corrected chi connectivity index (χ4v) is 1.95. The van der Waals surface area contributed by atoms with Crippen LogP contribution < -0.4 is 5.32 Å². The molecule has 0 aliphatic rings. The maximum absolute atomic E-state index is 13.4. The van der Waals surface area contributed by atoms with Crippen molar-refractivity contribution in [3.8, 4) is 0 Å². The third kappa shape index (κ3) is 3.41. The van der Waals surface area contributed by atoms with Gasteiger partial charge in [0.1, 0.15) is 11.6 Å². The van der Waals surface area contributed by atoms with Gasteiger partial charge in [0.05, 0.1) is 0 Å². The van der Waals surface area contributed by atoms with Crippen LogP contribution in [0.2, 0.25) is 0 Å². The molecule has 0 heterocycles. The van der Waals surface area contributed by atoms with Crippen molar-refractivity contribution in [3.63, 3.8) is 0 Å². The van der Waals surface area contributed by atoms with Gasteiger partial charge in [0.2, 0.25) is 0 Å². The molecular formula is C16H15F2NO. The van der Waals surface area contributed by atoms with Gasteiger partial charge in [-0.15, -0.1) is 0 Å². The normalized spacial score (nSPS) is 10.3. The fourth-order valence-electron chi connectivity index (χ4n) is 1.95. The molecule has 0 saturated carbocycles. The number of hydrogen-bond acceptors (Lipinski definition) is 1. The first kappa shape index (κ1) is 14.2. The van der Waals surface area contributed by atoms with Crippen LogP contribution in [0.5, 0.6) is 0 Å². The quantitative estimate of drug-likeness (QED) is 0.911. The molecule has 1 amide bonds. The molecule has 0 atom stereocenters. The van der Waals surface area contributed by atoms with E-state index in [1.54, 1.807) is 31.2 Å². The number of benzene rings is 2. The minimum atomic E-state index is -0.449. The average Bonchev–Trinajstić information content (AvgIpc) is 2.43. The Hall–Kier alpha value is -2.23. The number of rotatable bonds is 4. The largest absolute Gasteiger partial charge is 0.352 e. The Labute approximate surface area is 116 Å². The van der Waals surface area contributed by atoms with Gasteiger partial charge >= 0.3 is 0 Å². The molecule has 0 bridgehead atoms. The highest BCUT2D eigenvalue weighted by molar-refractivity contribution is 5.95. The Morgan fingerprint density at radius 1 is 1.15 bits per heavy atom. The van der Waals surface area contributed by atoms with Crippen LogP contribution in [0, 0.1) is 18.6 Å². The highest BCUT2D eigenvalue weighted by atomic mass is 19.1. The van der Waals surface area contributed by atoms with Gasteiger partial charge in [0, 0.05) is 12.1 Å². The van der Waals surface area contributed by atoms with Gasteiger partial charge in [-0.1, -0.05) is 24.3 Å². The van der Waals surface area contributed by atoms with Crippen molar-refractivity contribution in [2.45, 2.75) is 13.3 Å². The van der Waals surface area contributed by atoms with E-state index >= 15 is 0 Å². The van der Waals surface area contributed by atoms with Gasteiger partial charge in [0.15, 0.2) is 0 Å². The van der Waals surface area contributed by atoms with Crippen LogP contribution in [0.3, 0.4) is 0 Å². The summed E-state index contributed by atoms with van der Waals surface area (Å²) in [4.78, 5) is 11.9. The molecule has 4 heteroatoms. The maximum atomic E-state index is 13.4. The van der Waals surface area contributed by atoms with Crippen molar-refractivity contribution in [1.82, 2.24) is 5.32 Å². The van der Waals surface area contributed by atoms with E-state index in [1.165, 1.54) is 18.2 Å². The summed E-state index contributed by atoms with van der Waals surface area (Å²) >= 11 is 0. The summed E-state index contributed by atoms with van der Waals surface area (Å²) in [5.41, 5.74) is 1.55. The molecule has 104 valence electrons.